The molecule has 0 atom stereocenters. The minimum absolute atomic E-state index is 0.180. The zero-order valence-corrected chi connectivity index (χ0v) is 18.8. The van der Waals surface area contributed by atoms with E-state index in [9.17, 15) is 9.59 Å². The van der Waals surface area contributed by atoms with Crippen LogP contribution in [0.2, 0.25) is 0 Å². The van der Waals surface area contributed by atoms with Gasteiger partial charge in [0.1, 0.15) is 0 Å². The minimum Gasteiger partial charge on any atom is -0.331 e. The Bertz CT molecular complexity index is 1500. The van der Waals surface area contributed by atoms with Crippen molar-refractivity contribution >= 4 is 28.4 Å². The number of rotatable bonds is 6. The summed E-state index contributed by atoms with van der Waals surface area (Å²) >= 11 is 0. The van der Waals surface area contributed by atoms with Gasteiger partial charge in [0.05, 0.1) is 22.8 Å². The molecule has 0 saturated carbocycles. The number of aromatic nitrogens is 5. The van der Waals surface area contributed by atoms with Gasteiger partial charge in [0.2, 0.25) is 5.78 Å². The Morgan fingerprint density at radius 1 is 1.03 bits per heavy atom. The molecule has 2 aromatic carbocycles. The lowest BCUT2D eigenvalue weighted by Gasteiger charge is -2.10. The van der Waals surface area contributed by atoms with Gasteiger partial charge in [0, 0.05) is 42.8 Å². The van der Waals surface area contributed by atoms with Crippen LogP contribution in [0.25, 0.3) is 22.3 Å². The predicted molar refractivity (Wildman–Crippen MR) is 130 cm³/mol. The third kappa shape index (κ3) is 3.86. The van der Waals surface area contributed by atoms with Crippen molar-refractivity contribution in [3.8, 4) is 11.3 Å². The highest BCUT2D eigenvalue weighted by atomic mass is 16.1. The lowest BCUT2D eigenvalue weighted by molar-refractivity contribution is 0.102. The topological polar surface area (TPSA) is 94.7 Å². The quantitative estimate of drug-likeness (QED) is 0.389. The number of carbonyl (C=O) groups excluding carboxylic acids is 2. The SMILES string of the molecule is CCn1ncc2c(C(=O)Nc3ccc(C(=O)c4nccn4C)cc3)cc(-c3ccccc3)nc21. The molecule has 0 aliphatic carbocycles. The number of anilines is 1. The van der Waals surface area contributed by atoms with Crippen LogP contribution in [0.15, 0.2) is 79.3 Å². The number of nitrogens with zero attached hydrogens (tertiary/aromatic N) is 5. The van der Waals surface area contributed by atoms with Gasteiger partial charge in [-0.1, -0.05) is 30.3 Å². The summed E-state index contributed by atoms with van der Waals surface area (Å²) in [5, 5.41) is 8.00. The zero-order valence-electron chi connectivity index (χ0n) is 18.8. The average molecular weight is 451 g/mol. The highest BCUT2D eigenvalue weighted by Gasteiger charge is 2.18. The number of imidazole rings is 1. The highest BCUT2D eigenvalue weighted by Crippen LogP contribution is 2.26. The molecule has 0 bridgehead atoms. The molecule has 168 valence electrons. The molecule has 0 unspecified atom stereocenters. The second-order valence-corrected chi connectivity index (χ2v) is 7.84. The minimum atomic E-state index is -0.275. The molecule has 8 heteroatoms. The Kier molecular flexibility index (Phi) is 5.47. The van der Waals surface area contributed by atoms with E-state index in [4.69, 9.17) is 4.98 Å². The number of nitrogens with one attached hydrogen (secondary N) is 1. The molecule has 34 heavy (non-hydrogen) atoms. The van der Waals surface area contributed by atoms with Crippen LogP contribution >= 0.6 is 0 Å². The first-order valence-corrected chi connectivity index (χ1v) is 10.9. The van der Waals surface area contributed by atoms with Crippen LogP contribution in [0.5, 0.6) is 0 Å². The van der Waals surface area contributed by atoms with E-state index in [1.165, 1.54) is 0 Å². The normalized spacial score (nSPS) is 11.0. The number of fused-ring (bicyclic) bond motifs is 1. The van der Waals surface area contributed by atoms with E-state index in [0.29, 0.717) is 45.9 Å². The van der Waals surface area contributed by atoms with Gasteiger partial charge in [-0.3, -0.25) is 9.59 Å². The Labute approximate surface area is 195 Å². The molecule has 5 rings (SSSR count). The smallest absolute Gasteiger partial charge is 0.256 e. The number of pyridine rings is 1. The van der Waals surface area contributed by atoms with Crippen LogP contribution in [0.1, 0.15) is 33.5 Å². The number of carbonyl (C=O) groups is 2. The van der Waals surface area contributed by atoms with Crippen molar-refractivity contribution in [2.24, 2.45) is 7.05 Å². The number of benzene rings is 2. The van der Waals surface area contributed by atoms with Crippen molar-refractivity contribution in [2.45, 2.75) is 13.5 Å². The molecular weight excluding hydrogens is 428 g/mol. The molecule has 3 aromatic heterocycles. The van der Waals surface area contributed by atoms with Crippen LogP contribution < -0.4 is 5.32 Å². The van der Waals surface area contributed by atoms with Crippen molar-refractivity contribution in [3.63, 3.8) is 0 Å². The molecule has 0 saturated heterocycles. The Balaban J connectivity index is 1.46. The summed E-state index contributed by atoms with van der Waals surface area (Å²) in [6.45, 7) is 2.62. The van der Waals surface area contributed by atoms with Crippen molar-refractivity contribution < 1.29 is 9.59 Å². The molecule has 1 amide bonds. The number of amides is 1. The van der Waals surface area contributed by atoms with Crippen LogP contribution in [0.3, 0.4) is 0 Å². The zero-order chi connectivity index (χ0) is 23.7. The molecule has 0 spiro atoms. The maximum Gasteiger partial charge on any atom is 0.256 e. The maximum absolute atomic E-state index is 13.3. The fraction of sp³-hybridized carbons (Fsp3) is 0.115. The summed E-state index contributed by atoms with van der Waals surface area (Å²) in [5.41, 5.74) is 3.83. The second kappa shape index (κ2) is 8.74. The predicted octanol–water partition coefficient (Wildman–Crippen LogP) is 4.34. The Hall–Kier alpha value is -4.59. The van der Waals surface area contributed by atoms with Gasteiger partial charge < -0.3 is 9.88 Å². The molecule has 0 fully saturated rings. The van der Waals surface area contributed by atoms with Crippen LogP contribution in [-0.4, -0.2) is 36.0 Å². The van der Waals surface area contributed by atoms with Gasteiger partial charge in [-0.2, -0.15) is 5.10 Å². The molecular formula is C26H22N6O2. The summed E-state index contributed by atoms with van der Waals surface area (Å²) in [5.74, 6) is -0.0959. The lowest BCUT2D eigenvalue weighted by atomic mass is 10.1. The Morgan fingerprint density at radius 3 is 2.47 bits per heavy atom. The van der Waals surface area contributed by atoms with Gasteiger partial charge >= 0.3 is 0 Å². The third-order valence-electron chi connectivity index (χ3n) is 5.65. The lowest BCUT2D eigenvalue weighted by Crippen LogP contribution is -2.14. The number of hydrogen-bond donors (Lipinski definition) is 1. The molecule has 8 nitrogen and oxygen atoms in total. The molecule has 0 radical (unpaired) electrons. The first-order valence-electron chi connectivity index (χ1n) is 10.9. The van der Waals surface area contributed by atoms with E-state index < -0.39 is 0 Å². The fourth-order valence-corrected chi connectivity index (χ4v) is 3.84. The first-order chi connectivity index (χ1) is 16.5. The molecule has 0 aliphatic rings. The van der Waals surface area contributed by atoms with E-state index in [1.807, 2.05) is 37.3 Å². The van der Waals surface area contributed by atoms with E-state index in [2.05, 4.69) is 15.4 Å². The van der Waals surface area contributed by atoms with Crippen molar-refractivity contribution in [3.05, 3.63) is 96.2 Å². The first kappa shape index (κ1) is 21.3. The maximum atomic E-state index is 13.3. The van der Waals surface area contributed by atoms with Gasteiger partial charge in [-0.25, -0.2) is 14.6 Å². The number of hydrogen-bond acceptors (Lipinski definition) is 5. The van der Waals surface area contributed by atoms with Crippen LogP contribution in [0, 0.1) is 0 Å². The second-order valence-electron chi connectivity index (χ2n) is 7.84. The number of aryl methyl sites for hydroxylation is 2. The van der Waals surface area contributed by atoms with Gasteiger partial charge in [-0.15, -0.1) is 0 Å². The average Bonchev–Trinajstić information content (AvgIpc) is 3.49. The Morgan fingerprint density at radius 2 is 1.79 bits per heavy atom. The van der Waals surface area contributed by atoms with Crippen LogP contribution in [0.4, 0.5) is 5.69 Å². The van der Waals surface area contributed by atoms with Crippen molar-refractivity contribution in [1.29, 1.82) is 0 Å². The monoisotopic (exact) mass is 450 g/mol. The van der Waals surface area contributed by atoms with Crippen molar-refractivity contribution in [2.75, 3.05) is 5.32 Å². The van der Waals surface area contributed by atoms with E-state index in [-0.39, 0.29) is 11.7 Å². The molecule has 5 aromatic rings. The standard InChI is InChI=1S/C26H22N6O2/c1-3-32-24-21(16-28-32)20(15-22(30-24)17-7-5-4-6-8-17)26(34)29-19-11-9-18(10-12-19)23(33)25-27-13-14-31(25)2/h4-16H,3H2,1-2H3,(H,29,34). The molecule has 0 aliphatic heterocycles. The van der Waals surface area contributed by atoms with Gasteiger partial charge in [0.15, 0.2) is 11.5 Å². The highest BCUT2D eigenvalue weighted by molar-refractivity contribution is 6.13. The van der Waals surface area contributed by atoms with E-state index >= 15 is 0 Å². The van der Waals surface area contributed by atoms with E-state index in [1.54, 1.807) is 65.2 Å². The largest absolute Gasteiger partial charge is 0.331 e. The number of ketones is 1. The van der Waals surface area contributed by atoms with Crippen LogP contribution in [-0.2, 0) is 13.6 Å². The van der Waals surface area contributed by atoms with E-state index in [0.717, 1.165) is 5.56 Å². The van der Waals surface area contributed by atoms with Gasteiger partial charge in [-0.05, 0) is 37.3 Å². The summed E-state index contributed by atoms with van der Waals surface area (Å²) in [7, 11) is 1.77. The van der Waals surface area contributed by atoms with Gasteiger partial charge in [0.25, 0.3) is 5.91 Å². The summed E-state index contributed by atoms with van der Waals surface area (Å²) in [6.07, 6.45) is 4.98. The third-order valence-corrected chi connectivity index (χ3v) is 5.65. The van der Waals surface area contributed by atoms with Crippen molar-refractivity contribution in [1.82, 2.24) is 24.3 Å². The molecule has 1 N–H and O–H groups in total. The molecule has 3 heterocycles. The summed E-state index contributed by atoms with van der Waals surface area (Å²) in [6, 6.07) is 18.3. The fourth-order valence-electron chi connectivity index (χ4n) is 3.84. The summed E-state index contributed by atoms with van der Waals surface area (Å²) < 4.78 is 3.45. The summed E-state index contributed by atoms with van der Waals surface area (Å²) in [4.78, 5) is 34.8.